The summed E-state index contributed by atoms with van der Waals surface area (Å²) in [6.07, 6.45) is 8.12. The molecule has 0 amide bonds. The number of rotatable bonds is 4. The summed E-state index contributed by atoms with van der Waals surface area (Å²) in [5, 5.41) is 9.55. The average molecular weight is 240 g/mol. The van der Waals surface area contributed by atoms with Crippen molar-refractivity contribution in [3.8, 4) is 0 Å². The first-order valence-corrected chi connectivity index (χ1v) is 7.01. The van der Waals surface area contributed by atoms with E-state index in [4.69, 9.17) is 4.74 Å². The van der Waals surface area contributed by atoms with Gasteiger partial charge < -0.3 is 9.84 Å². The van der Waals surface area contributed by atoms with Crippen molar-refractivity contribution in [2.45, 2.75) is 64.4 Å². The zero-order chi connectivity index (χ0) is 12.3. The van der Waals surface area contributed by atoms with Gasteiger partial charge in [-0.1, -0.05) is 13.3 Å². The summed E-state index contributed by atoms with van der Waals surface area (Å²) < 4.78 is 5.62. The van der Waals surface area contributed by atoms with Crippen molar-refractivity contribution in [1.82, 2.24) is 0 Å². The molecule has 2 aliphatic rings. The molecule has 2 rings (SSSR count). The molecule has 1 heterocycles. The van der Waals surface area contributed by atoms with Gasteiger partial charge in [0.15, 0.2) is 0 Å². The van der Waals surface area contributed by atoms with Crippen molar-refractivity contribution in [3.05, 3.63) is 0 Å². The van der Waals surface area contributed by atoms with Crippen LogP contribution >= 0.6 is 0 Å². The molecule has 0 aromatic carbocycles. The predicted octanol–water partition coefficient (Wildman–Crippen LogP) is 3.23. The molecule has 1 saturated carbocycles. The van der Waals surface area contributed by atoms with Gasteiger partial charge in [-0.3, -0.25) is 4.79 Å². The lowest BCUT2D eigenvalue weighted by atomic mass is 9.67. The van der Waals surface area contributed by atoms with Crippen molar-refractivity contribution in [2.75, 3.05) is 6.61 Å². The van der Waals surface area contributed by atoms with E-state index in [9.17, 15) is 9.90 Å². The Bertz CT molecular complexity index is 261. The number of hydrogen-bond donors (Lipinski definition) is 1. The molecule has 17 heavy (non-hydrogen) atoms. The van der Waals surface area contributed by atoms with Crippen LogP contribution in [0.5, 0.6) is 0 Å². The maximum atomic E-state index is 11.6. The molecule has 1 aliphatic heterocycles. The summed E-state index contributed by atoms with van der Waals surface area (Å²) in [6.45, 7) is 3.02. The molecule has 3 nitrogen and oxygen atoms in total. The van der Waals surface area contributed by atoms with Gasteiger partial charge in [-0.05, 0) is 50.9 Å². The fraction of sp³-hybridized carbons (Fsp3) is 0.929. The smallest absolute Gasteiger partial charge is 0.309 e. The Kier molecular flexibility index (Phi) is 4.08. The predicted molar refractivity (Wildman–Crippen MR) is 65.9 cm³/mol. The SMILES string of the molecule is CCC1CCC(CC2CCCO2)(C(=O)O)CC1. The van der Waals surface area contributed by atoms with E-state index in [0.717, 1.165) is 57.5 Å². The van der Waals surface area contributed by atoms with Crippen LogP contribution in [0.15, 0.2) is 0 Å². The highest BCUT2D eigenvalue weighted by molar-refractivity contribution is 5.74. The lowest BCUT2D eigenvalue weighted by molar-refractivity contribution is -0.154. The third-order valence-electron chi connectivity index (χ3n) is 4.74. The Morgan fingerprint density at radius 3 is 2.53 bits per heavy atom. The first-order chi connectivity index (χ1) is 8.16. The molecule has 0 spiro atoms. The van der Waals surface area contributed by atoms with Crippen molar-refractivity contribution in [1.29, 1.82) is 0 Å². The summed E-state index contributed by atoms with van der Waals surface area (Å²) in [4.78, 5) is 11.6. The normalized spacial score (nSPS) is 38.2. The van der Waals surface area contributed by atoms with E-state index in [0.29, 0.717) is 0 Å². The first kappa shape index (κ1) is 12.9. The van der Waals surface area contributed by atoms with Crippen LogP contribution < -0.4 is 0 Å². The fourth-order valence-corrected chi connectivity index (χ4v) is 3.38. The minimum atomic E-state index is -0.595. The highest BCUT2D eigenvalue weighted by Crippen LogP contribution is 2.44. The molecule has 0 radical (unpaired) electrons. The molecule has 2 fully saturated rings. The van der Waals surface area contributed by atoms with Crippen LogP contribution in [0.25, 0.3) is 0 Å². The second-order valence-corrected chi connectivity index (χ2v) is 5.78. The molecular formula is C14H24O3. The third-order valence-corrected chi connectivity index (χ3v) is 4.74. The molecule has 3 heteroatoms. The van der Waals surface area contributed by atoms with Gasteiger partial charge in [0.1, 0.15) is 0 Å². The van der Waals surface area contributed by atoms with Crippen LogP contribution in [0.2, 0.25) is 0 Å². The van der Waals surface area contributed by atoms with Crippen LogP contribution in [0, 0.1) is 11.3 Å². The van der Waals surface area contributed by atoms with Crippen molar-refractivity contribution in [2.24, 2.45) is 11.3 Å². The molecule has 1 aliphatic carbocycles. The van der Waals surface area contributed by atoms with E-state index in [1.165, 1.54) is 6.42 Å². The van der Waals surface area contributed by atoms with Crippen LogP contribution in [0.1, 0.15) is 58.3 Å². The third kappa shape index (κ3) is 2.82. The second kappa shape index (κ2) is 5.38. The van der Waals surface area contributed by atoms with Crippen LogP contribution in [-0.2, 0) is 9.53 Å². The zero-order valence-corrected chi connectivity index (χ0v) is 10.8. The van der Waals surface area contributed by atoms with Crippen molar-refractivity contribution in [3.63, 3.8) is 0 Å². The number of carbonyl (C=O) groups is 1. The van der Waals surface area contributed by atoms with E-state index in [1.807, 2.05) is 0 Å². The van der Waals surface area contributed by atoms with E-state index in [1.54, 1.807) is 0 Å². The van der Waals surface area contributed by atoms with Crippen molar-refractivity contribution < 1.29 is 14.6 Å². The monoisotopic (exact) mass is 240 g/mol. The average Bonchev–Trinajstić information content (AvgIpc) is 2.82. The topological polar surface area (TPSA) is 46.5 Å². The Hall–Kier alpha value is -0.570. The number of ether oxygens (including phenoxy) is 1. The van der Waals surface area contributed by atoms with Crippen molar-refractivity contribution >= 4 is 5.97 Å². The van der Waals surface area contributed by atoms with Gasteiger partial charge in [0, 0.05) is 6.61 Å². The molecule has 0 aromatic rings. The number of hydrogen-bond acceptors (Lipinski definition) is 2. The first-order valence-electron chi connectivity index (χ1n) is 7.01. The summed E-state index contributed by atoms with van der Waals surface area (Å²) >= 11 is 0. The summed E-state index contributed by atoms with van der Waals surface area (Å²) in [5.74, 6) is 0.148. The standard InChI is InChI=1S/C14H24O3/c1-2-11-5-7-14(8-6-11,13(15)16)10-12-4-3-9-17-12/h11-12H,2-10H2,1H3,(H,15,16). The molecule has 1 atom stereocenters. The lowest BCUT2D eigenvalue weighted by Gasteiger charge is -2.38. The van der Waals surface area contributed by atoms with Gasteiger partial charge in [0.05, 0.1) is 11.5 Å². The van der Waals surface area contributed by atoms with Gasteiger partial charge in [-0.25, -0.2) is 0 Å². The van der Waals surface area contributed by atoms with E-state index in [2.05, 4.69) is 6.92 Å². The maximum absolute atomic E-state index is 11.6. The van der Waals surface area contributed by atoms with Crippen LogP contribution in [0.3, 0.4) is 0 Å². The fourth-order valence-electron chi connectivity index (χ4n) is 3.38. The molecule has 1 N–H and O–H groups in total. The summed E-state index contributed by atoms with van der Waals surface area (Å²) in [6, 6.07) is 0. The summed E-state index contributed by atoms with van der Waals surface area (Å²) in [5.41, 5.74) is -0.485. The number of aliphatic carboxylic acids is 1. The highest BCUT2D eigenvalue weighted by Gasteiger charge is 2.43. The molecule has 1 unspecified atom stereocenters. The van der Waals surface area contributed by atoms with Crippen LogP contribution in [-0.4, -0.2) is 23.8 Å². The van der Waals surface area contributed by atoms with Gasteiger partial charge >= 0.3 is 5.97 Å². The lowest BCUT2D eigenvalue weighted by Crippen LogP contribution is -2.38. The highest BCUT2D eigenvalue weighted by atomic mass is 16.5. The molecule has 1 saturated heterocycles. The quantitative estimate of drug-likeness (QED) is 0.820. The molecule has 0 aromatic heterocycles. The minimum absolute atomic E-state index is 0.198. The number of carboxylic acids is 1. The van der Waals surface area contributed by atoms with E-state index < -0.39 is 11.4 Å². The Morgan fingerprint density at radius 2 is 2.06 bits per heavy atom. The Labute approximate surface area is 104 Å². The molecule has 98 valence electrons. The van der Waals surface area contributed by atoms with E-state index in [-0.39, 0.29) is 6.10 Å². The van der Waals surface area contributed by atoms with Gasteiger partial charge in [-0.2, -0.15) is 0 Å². The largest absolute Gasteiger partial charge is 0.481 e. The number of carboxylic acid groups (broad SMARTS) is 1. The Morgan fingerprint density at radius 1 is 1.35 bits per heavy atom. The minimum Gasteiger partial charge on any atom is -0.481 e. The van der Waals surface area contributed by atoms with Gasteiger partial charge in [0.2, 0.25) is 0 Å². The maximum Gasteiger partial charge on any atom is 0.309 e. The Balaban J connectivity index is 1.98. The summed E-state index contributed by atoms with van der Waals surface area (Å²) in [7, 11) is 0. The molecular weight excluding hydrogens is 216 g/mol. The second-order valence-electron chi connectivity index (χ2n) is 5.78. The van der Waals surface area contributed by atoms with E-state index >= 15 is 0 Å². The van der Waals surface area contributed by atoms with Crippen LogP contribution in [0.4, 0.5) is 0 Å². The zero-order valence-electron chi connectivity index (χ0n) is 10.8. The van der Waals surface area contributed by atoms with Gasteiger partial charge in [-0.15, -0.1) is 0 Å². The molecule has 0 bridgehead atoms. The van der Waals surface area contributed by atoms with Gasteiger partial charge in [0.25, 0.3) is 0 Å².